The van der Waals surface area contributed by atoms with Gasteiger partial charge in [0.1, 0.15) is 0 Å². The molecule has 0 aliphatic carbocycles. The van der Waals surface area contributed by atoms with Gasteiger partial charge in [-0.3, -0.25) is 9.59 Å². The molecule has 0 spiro atoms. The Labute approximate surface area is 144 Å². The van der Waals surface area contributed by atoms with Crippen molar-refractivity contribution in [3.05, 3.63) is 64.1 Å². The molecular formula is C18H19BrN2O2. The summed E-state index contributed by atoms with van der Waals surface area (Å²) in [6, 6.07) is 14.7. The van der Waals surface area contributed by atoms with Crippen LogP contribution in [0.15, 0.2) is 53.0 Å². The van der Waals surface area contributed by atoms with Gasteiger partial charge in [-0.15, -0.1) is 0 Å². The van der Waals surface area contributed by atoms with Gasteiger partial charge in [-0.25, -0.2) is 0 Å². The number of hydrogen-bond donors (Lipinski definition) is 2. The Morgan fingerprint density at radius 2 is 1.65 bits per heavy atom. The molecule has 120 valence electrons. The first-order valence-electron chi connectivity index (χ1n) is 7.43. The molecule has 0 heterocycles. The molecule has 0 aliphatic heterocycles. The smallest absolute Gasteiger partial charge is 0.251 e. The molecular weight excluding hydrogens is 356 g/mol. The molecule has 2 aromatic rings. The fourth-order valence-corrected chi connectivity index (χ4v) is 2.53. The summed E-state index contributed by atoms with van der Waals surface area (Å²) in [6.07, 6.45) is 0.803. The number of hydrogen-bond acceptors (Lipinski definition) is 2. The van der Waals surface area contributed by atoms with E-state index in [1.54, 1.807) is 24.3 Å². The van der Waals surface area contributed by atoms with Crippen LogP contribution in [-0.2, 0) is 4.79 Å². The number of carbonyl (C=O) groups is 2. The van der Waals surface area contributed by atoms with Gasteiger partial charge in [0, 0.05) is 22.6 Å². The van der Waals surface area contributed by atoms with Gasteiger partial charge < -0.3 is 10.6 Å². The lowest BCUT2D eigenvalue weighted by molar-refractivity contribution is -0.114. The summed E-state index contributed by atoms with van der Waals surface area (Å²) < 4.78 is 1.01. The molecule has 2 aromatic carbocycles. The second-order valence-corrected chi connectivity index (χ2v) is 6.16. The highest BCUT2D eigenvalue weighted by Gasteiger charge is 2.14. The number of amides is 2. The largest absolute Gasteiger partial charge is 0.345 e. The Kier molecular flexibility index (Phi) is 5.93. The van der Waals surface area contributed by atoms with Crippen LogP contribution < -0.4 is 10.6 Å². The maximum atomic E-state index is 12.4. The van der Waals surface area contributed by atoms with Crippen LogP contribution in [0.5, 0.6) is 0 Å². The zero-order valence-corrected chi connectivity index (χ0v) is 14.7. The molecule has 0 radical (unpaired) electrons. The fraction of sp³-hybridized carbons (Fsp3) is 0.222. The first kappa shape index (κ1) is 17.2. The van der Waals surface area contributed by atoms with E-state index in [1.165, 1.54) is 6.92 Å². The maximum Gasteiger partial charge on any atom is 0.251 e. The van der Waals surface area contributed by atoms with Crippen molar-refractivity contribution in [2.75, 3.05) is 5.32 Å². The Bertz CT molecular complexity index is 681. The minimum absolute atomic E-state index is 0.0365. The summed E-state index contributed by atoms with van der Waals surface area (Å²) in [7, 11) is 0. The quantitative estimate of drug-likeness (QED) is 0.819. The summed E-state index contributed by atoms with van der Waals surface area (Å²) in [5.41, 5.74) is 2.31. The first-order valence-corrected chi connectivity index (χ1v) is 8.23. The van der Waals surface area contributed by atoms with E-state index in [0.717, 1.165) is 16.5 Å². The molecule has 23 heavy (non-hydrogen) atoms. The Morgan fingerprint density at radius 3 is 2.17 bits per heavy atom. The van der Waals surface area contributed by atoms with E-state index in [9.17, 15) is 9.59 Å². The number of rotatable bonds is 5. The zero-order valence-electron chi connectivity index (χ0n) is 13.1. The molecule has 0 saturated heterocycles. The molecule has 2 amide bonds. The normalized spacial score (nSPS) is 11.6. The summed E-state index contributed by atoms with van der Waals surface area (Å²) in [6.45, 7) is 3.48. The van der Waals surface area contributed by atoms with Crippen LogP contribution in [0.25, 0.3) is 0 Å². The third-order valence-electron chi connectivity index (χ3n) is 3.45. The third-order valence-corrected chi connectivity index (χ3v) is 3.98. The molecule has 4 nitrogen and oxygen atoms in total. The molecule has 0 aromatic heterocycles. The van der Waals surface area contributed by atoms with E-state index < -0.39 is 0 Å². The molecule has 5 heteroatoms. The van der Waals surface area contributed by atoms with E-state index in [-0.39, 0.29) is 17.9 Å². The van der Waals surface area contributed by atoms with Crippen molar-refractivity contribution in [1.82, 2.24) is 5.32 Å². The van der Waals surface area contributed by atoms with E-state index in [4.69, 9.17) is 0 Å². The lowest BCUT2D eigenvalue weighted by Crippen LogP contribution is -2.28. The van der Waals surface area contributed by atoms with Gasteiger partial charge in [0.2, 0.25) is 5.91 Å². The van der Waals surface area contributed by atoms with E-state index in [2.05, 4.69) is 26.6 Å². The molecule has 0 bridgehead atoms. The van der Waals surface area contributed by atoms with Crippen LogP contribution in [0, 0.1) is 0 Å². The SMILES string of the molecule is CCC(NC(=O)c1ccc(NC(C)=O)cc1)c1ccc(Br)cc1. The van der Waals surface area contributed by atoms with Crippen LogP contribution in [0.1, 0.15) is 42.2 Å². The molecule has 0 aliphatic rings. The molecule has 2 N–H and O–H groups in total. The van der Waals surface area contributed by atoms with Crippen LogP contribution in [0.4, 0.5) is 5.69 Å². The predicted molar refractivity (Wildman–Crippen MR) is 95.4 cm³/mol. The lowest BCUT2D eigenvalue weighted by Gasteiger charge is -2.18. The summed E-state index contributed by atoms with van der Waals surface area (Å²) in [5, 5.41) is 5.72. The van der Waals surface area contributed by atoms with Crippen molar-refractivity contribution in [3.63, 3.8) is 0 Å². The average Bonchev–Trinajstić information content (AvgIpc) is 2.53. The van der Waals surface area contributed by atoms with Gasteiger partial charge >= 0.3 is 0 Å². The van der Waals surface area contributed by atoms with Crippen LogP contribution in [0.2, 0.25) is 0 Å². The lowest BCUT2D eigenvalue weighted by atomic mass is 10.0. The number of halogens is 1. The third kappa shape index (κ3) is 4.93. The number of anilines is 1. The second-order valence-electron chi connectivity index (χ2n) is 5.24. The fourth-order valence-electron chi connectivity index (χ4n) is 2.27. The minimum atomic E-state index is -0.136. The van der Waals surface area contributed by atoms with Crippen molar-refractivity contribution in [1.29, 1.82) is 0 Å². The highest BCUT2D eigenvalue weighted by Crippen LogP contribution is 2.20. The van der Waals surface area contributed by atoms with Gasteiger partial charge in [0.25, 0.3) is 5.91 Å². The van der Waals surface area contributed by atoms with Crippen molar-refractivity contribution < 1.29 is 9.59 Å². The Balaban J connectivity index is 2.07. The van der Waals surface area contributed by atoms with Gasteiger partial charge in [0.15, 0.2) is 0 Å². The summed E-state index contributed by atoms with van der Waals surface area (Å²) in [5.74, 6) is -0.266. The van der Waals surface area contributed by atoms with E-state index >= 15 is 0 Å². The minimum Gasteiger partial charge on any atom is -0.345 e. The number of carbonyl (C=O) groups excluding carboxylic acids is 2. The highest BCUT2D eigenvalue weighted by molar-refractivity contribution is 9.10. The van der Waals surface area contributed by atoms with Gasteiger partial charge in [-0.1, -0.05) is 35.0 Å². The van der Waals surface area contributed by atoms with Crippen molar-refractivity contribution in [2.24, 2.45) is 0 Å². The topological polar surface area (TPSA) is 58.2 Å². The molecule has 0 fully saturated rings. The van der Waals surface area contributed by atoms with Crippen LogP contribution in [0.3, 0.4) is 0 Å². The van der Waals surface area contributed by atoms with Gasteiger partial charge in [0.05, 0.1) is 6.04 Å². The molecule has 0 saturated carbocycles. The maximum absolute atomic E-state index is 12.4. The summed E-state index contributed by atoms with van der Waals surface area (Å²) in [4.78, 5) is 23.4. The van der Waals surface area contributed by atoms with Gasteiger partial charge in [-0.2, -0.15) is 0 Å². The number of benzene rings is 2. The Morgan fingerprint density at radius 1 is 1.04 bits per heavy atom. The van der Waals surface area contributed by atoms with E-state index in [0.29, 0.717) is 11.3 Å². The molecule has 1 atom stereocenters. The standard InChI is InChI=1S/C18H19BrN2O2/c1-3-17(13-4-8-15(19)9-5-13)21-18(23)14-6-10-16(11-7-14)20-12(2)22/h4-11,17H,3H2,1-2H3,(H,20,22)(H,21,23). The Hall–Kier alpha value is -2.14. The van der Waals surface area contributed by atoms with Crippen molar-refractivity contribution in [3.8, 4) is 0 Å². The van der Waals surface area contributed by atoms with Crippen LogP contribution >= 0.6 is 15.9 Å². The highest BCUT2D eigenvalue weighted by atomic mass is 79.9. The zero-order chi connectivity index (χ0) is 16.8. The predicted octanol–water partition coefficient (Wildman–Crippen LogP) is 4.29. The van der Waals surface area contributed by atoms with Crippen molar-refractivity contribution >= 4 is 33.4 Å². The first-order chi connectivity index (χ1) is 11.0. The number of nitrogens with one attached hydrogen (secondary N) is 2. The van der Waals surface area contributed by atoms with E-state index in [1.807, 2.05) is 31.2 Å². The van der Waals surface area contributed by atoms with Crippen molar-refractivity contribution in [2.45, 2.75) is 26.3 Å². The molecule has 1 unspecified atom stereocenters. The molecule has 2 rings (SSSR count). The average molecular weight is 375 g/mol. The summed E-state index contributed by atoms with van der Waals surface area (Å²) >= 11 is 3.41. The second kappa shape index (κ2) is 7.92. The monoisotopic (exact) mass is 374 g/mol. The van der Waals surface area contributed by atoms with Gasteiger partial charge in [-0.05, 0) is 48.4 Å². The van der Waals surface area contributed by atoms with Crippen LogP contribution in [-0.4, -0.2) is 11.8 Å².